The van der Waals surface area contributed by atoms with Crippen LogP contribution in [-0.2, 0) is 33.3 Å². The van der Waals surface area contributed by atoms with E-state index in [9.17, 15) is 30.8 Å². The van der Waals surface area contributed by atoms with Crippen molar-refractivity contribution in [3.05, 3.63) is 71.0 Å². The number of sulfonamides is 1. The molecule has 5 nitrogen and oxygen atoms in total. The zero-order valence-electron chi connectivity index (χ0n) is 16.5. The summed E-state index contributed by atoms with van der Waals surface area (Å²) in [7, 11) is -3.73. The highest BCUT2D eigenvalue weighted by Gasteiger charge is 2.32. The fraction of sp³-hybridized carbons (Fsp3) is 0.381. The van der Waals surface area contributed by atoms with Gasteiger partial charge in [0.25, 0.3) is 0 Å². The molecule has 31 heavy (non-hydrogen) atoms. The number of piperidine rings is 1. The minimum absolute atomic E-state index is 0.0471. The molecule has 1 aliphatic rings. The van der Waals surface area contributed by atoms with Crippen molar-refractivity contribution >= 4 is 15.9 Å². The normalized spacial score (nSPS) is 16.3. The van der Waals surface area contributed by atoms with Gasteiger partial charge in [0.1, 0.15) is 5.82 Å². The zero-order chi connectivity index (χ0) is 22.6. The van der Waals surface area contributed by atoms with E-state index >= 15 is 0 Å². The Bertz CT molecular complexity index is 1030. The minimum atomic E-state index is -4.46. The molecule has 0 aliphatic carbocycles. The quantitative estimate of drug-likeness (QED) is 0.672. The maximum absolute atomic E-state index is 13.8. The Morgan fingerprint density at radius 2 is 1.74 bits per heavy atom. The molecule has 0 spiro atoms. The largest absolute Gasteiger partial charge is 0.416 e. The molecule has 1 fully saturated rings. The van der Waals surface area contributed by atoms with Gasteiger partial charge in [-0.05, 0) is 36.6 Å². The van der Waals surface area contributed by atoms with Gasteiger partial charge >= 0.3 is 6.18 Å². The number of alkyl halides is 3. The van der Waals surface area contributed by atoms with Gasteiger partial charge in [-0.1, -0.05) is 30.3 Å². The highest BCUT2D eigenvalue weighted by atomic mass is 32.2. The zero-order valence-corrected chi connectivity index (χ0v) is 17.3. The van der Waals surface area contributed by atoms with E-state index in [1.807, 2.05) is 0 Å². The van der Waals surface area contributed by atoms with Crippen LogP contribution in [0.15, 0.2) is 48.5 Å². The van der Waals surface area contributed by atoms with Crippen molar-refractivity contribution in [3.8, 4) is 0 Å². The first kappa shape index (κ1) is 23.2. The minimum Gasteiger partial charge on any atom is -0.352 e. The van der Waals surface area contributed by atoms with Crippen LogP contribution in [-0.4, -0.2) is 31.7 Å². The second-order valence-electron chi connectivity index (χ2n) is 7.44. The summed E-state index contributed by atoms with van der Waals surface area (Å²) in [6, 6.07) is 10.4. The summed E-state index contributed by atoms with van der Waals surface area (Å²) in [6.07, 6.45) is -3.89. The van der Waals surface area contributed by atoms with Crippen LogP contribution in [0, 0.1) is 11.7 Å². The van der Waals surface area contributed by atoms with Crippen molar-refractivity contribution < 1.29 is 30.8 Å². The van der Waals surface area contributed by atoms with Crippen LogP contribution in [0.3, 0.4) is 0 Å². The second-order valence-corrected chi connectivity index (χ2v) is 9.41. The van der Waals surface area contributed by atoms with Crippen molar-refractivity contribution in [2.24, 2.45) is 5.92 Å². The van der Waals surface area contributed by atoms with E-state index in [4.69, 9.17) is 0 Å². The van der Waals surface area contributed by atoms with E-state index in [0.29, 0.717) is 5.56 Å². The highest BCUT2D eigenvalue weighted by molar-refractivity contribution is 7.88. The number of nitrogens with one attached hydrogen (secondary N) is 1. The predicted octanol–water partition coefficient (Wildman–Crippen LogP) is 3.70. The molecule has 0 bridgehead atoms. The Morgan fingerprint density at radius 3 is 2.39 bits per heavy atom. The summed E-state index contributed by atoms with van der Waals surface area (Å²) in [6.45, 7) is 0.200. The molecule has 2 aromatic rings. The number of halogens is 4. The standard InChI is InChI=1S/C21H22F4N2O3S/c22-19-7-2-1-5-17(19)14-31(29,30)27-10-8-16(9-11-27)20(28)26-13-15-4-3-6-18(12-15)21(23,24)25/h1-7,12,16H,8-11,13-14H2,(H,26,28). The van der Waals surface area contributed by atoms with Gasteiger partial charge in [0.2, 0.25) is 15.9 Å². The molecule has 1 aliphatic heterocycles. The molecule has 2 aromatic carbocycles. The van der Waals surface area contributed by atoms with Crippen LogP contribution >= 0.6 is 0 Å². The number of amides is 1. The molecule has 0 saturated carbocycles. The average Bonchev–Trinajstić information content (AvgIpc) is 2.73. The molecule has 1 saturated heterocycles. The second kappa shape index (κ2) is 9.35. The summed E-state index contributed by atoms with van der Waals surface area (Å²) in [5.74, 6) is -1.81. The Morgan fingerprint density at radius 1 is 1.06 bits per heavy atom. The SMILES string of the molecule is O=C(NCc1cccc(C(F)(F)F)c1)C1CCN(S(=O)(=O)Cc2ccccc2F)CC1. The van der Waals surface area contributed by atoms with E-state index in [2.05, 4.69) is 5.32 Å². The Hall–Kier alpha value is -2.46. The number of carbonyl (C=O) groups is 1. The van der Waals surface area contributed by atoms with Crippen molar-refractivity contribution in [2.75, 3.05) is 13.1 Å². The van der Waals surface area contributed by atoms with Gasteiger partial charge in [-0.15, -0.1) is 0 Å². The van der Waals surface area contributed by atoms with E-state index in [0.717, 1.165) is 12.1 Å². The molecule has 0 atom stereocenters. The summed E-state index contributed by atoms with van der Waals surface area (Å²) < 4.78 is 78.5. The third-order valence-corrected chi connectivity index (χ3v) is 7.06. The van der Waals surface area contributed by atoms with E-state index in [1.165, 1.54) is 34.6 Å². The number of benzene rings is 2. The van der Waals surface area contributed by atoms with Crippen molar-refractivity contribution in [1.82, 2.24) is 9.62 Å². The first-order chi connectivity index (χ1) is 14.6. The van der Waals surface area contributed by atoms with Crippen LogP contribution in [0.25, 0.3) is 0 Å². The molecule has 168 valence electrons. The van der Waals surface area contributed by atoms with Gasteiger partial charge in [-0.3, -0.25) is 4.79 Å². The van der Waals surface area contributed by atoms with Crippen molar-refractivity contribution in [3.63, 3.8) is 0 Å². The Balaban J connectivity index is 1.52. The first-order valence-corrected chi connectivity index (χ1v) is 11.3. The van der Waals surface area contributed by atoms with Gasteiger partial charge in [-0.25, -0.2) is 17.1 Å². The summed E-state index contributed by atoms with van der Waals surface area (Å²) in [5, 5.41) is 2.62. The number of carbonyl (C=O) groups excluding carboxylic acids is 1. The number of nitrogens with zero attached hydrogens (tertiary/aromatic N) is 1. The molecule has 0 unspecified atom stereocenters. The molecule has 1 heterocycles. The van der Waals surface area contributed by atoms with Gasteiger partial charge < -0.3 is 5.32 Å². The maximum Gasteiger partial charge on any atom is 0.416 e. The first-order valence-electron chi connectivity index (χ1n) is 9.71. The topological polar surface area (TPSA) is 66.5 Å². The van der Waals surface area contributed by atoms with Gasteiger partial charge in [0.05, 0.1) is 11.3 Å². The Labute approximate surface area is 178 Å². The lowest BCUT2D eigenvalue weighted by atomic mass is 9.97. The average molecular weight is 458 g/mol. The summed E-state index contributed by atoms with van der Waals surface area (Å²) >= 11 is 0. The monoisotopic (exact) mass is 458 g/mol. The van der Waals surface area contributed by atoms with E-state index in [-0.39, 0.29) is 43.9 Å². The third kappa shape index (κ3) is 6.04. The van der Waals surface area contributed by atoms with Crippen LogP contribution in [0.5, 0.6) is 0 Å². The molecular weight excluding hydrogens is 436 g/mol. The summed E-state index contributed by atoms with van der Waals surface area (Å²) in [5.41, 5.74) is -0.371. The van der Waals surface area contributed by atoms with Crippen LogP contribution in [0.1, 0.15) is 29.5 Å². The molecule has 0 aromatic heterocycles. The molecule has 0 radical (unpaired) electrons. The van der Waals surface area contributed by atoms with E-state index in [1.54, 1.807) is 6.07 Å². The molecule has 1 amide bonds. The lowest BCUT2D eigenvalue weighted by molar-refractivity contribution is -0.137. The fourth-order valence-corrected chi connectivity index (χ4v) is 5.07. The van der Waals surface area contributed by atoms with Crippen LogP contribution < -0.4 is 5.32 Å². The predicted molar refractivity (Wildman–Crippen MR) is 107 cm³/mol. The van der Waals surface area contributed by atoms with Crippen molar-refractivity contribution in [1.29, 1.82) is 0 Å². The van der Waals surface area contributed by atoms with Gasteiger partial charge in [0, 0.05) is 31.1 Å². The van der Waals surface area contributed by atoms with Crippen molar-refractivity contribution in [2.45, 2.75) is 31.3 Å². The summed E-state index contributed by atoms with van der Waals surface area (Å²) in [4.78, 5) is 12.4. The van der Waals surface area contributed by atoms with Gasteiger partial charge in [-0.2, -0.15) is 13.2 Å². The maximum atomic E-state index is 13.8. The molecular formula is C21H22F4N2O3S. The number of rotatable bonds is 6. The smallest absolute Gasteiger partial charge is 0.352 e. The lowest BCUT2D eigenvalue weighted by Gasteiger charge is -2.30. The highest BCUT2D eigenvalue weighted by Crippen LogP contribution is 2.29. The lowest BCUT2D eigenvalue weighted by Crippen LogP contribution is -2.43. The van der Waals surface area contributed by atoms with Gasteiger partial charge in [0.15, 0.2) is 0 Å². The molecule has 1 N–H and O–H groups in total. The number of hydrogen-bond acceptors (Lipinski definition) is 3. The molecule has 3 rings (SSSR count). The Kier molecular flexibility index (Phi) is 7.00. The fourth-order valence-electron chi connectivity index (χ4n) is 3.49. The number of hydrogen-bond donors (Lipinski definition) is 1. The van der Waals surface area contributed by atoms with E-state index < -0.39 is 39.3 Å². The van der Waals surface area contributed by atoms with Crippen LogP contribution in [0.2, 0.25) is 0 Å². The molecule has 10 heteroatoms. The third-order valence-electron chi connectivity index (χ3n) is 5.23. The van der Waals surface area contributed by atoms with Crippen LogP contribution in [0.4, 0.5) is 17.6 Å².